The van der Waals surface area contributed by atoms with Crippen LogP contribution in [0, 0.1) is 17.8 Å². The van der Waals surface area contributed by atoms with Gasteiger partial charge in [0.15, 0.2) is 6.10 Å². The highest BCUT2D eigenvalue weighted by Gasteiger charge is 2.19. The maximum Gasteiger partial charge on any atom is 0.306 e. The molecule has 0 aliphatic rings. The SMILES string of the molecule is CC(C)CCCCCCCCCCCCCC(=O)O[C@@H](COC(=O)CCCCCCCCCCC(C)C)COC(=O)CCCCCCCCC(C)C. The van der Waals surface area contributed by atoms with Crippen molar-refractivity contribution < 1.29 is 28.6 Å². The average molecular weight is 737 g/mol. The lowest BCUT2D eigenvalue weighted by atomic mass is 10.0. The third-order valence-electron chi connectivity index (χ3n) is 10.1. The number of rotatable bonds is 39. The third-order valence-corrected chi connectivity index (χ3v) is 10.1. The van der Waals surface area contributed by atoms with Gasteiger partial charge in [-0.2, -0.15) is 0 Å². The highest BCUT2D eigenvalue weighted by molar-refractivity contribution is 5.71. The van der Waals surface area contributed by atoms with Crippen LogP contribution < -0.4 is 0 Å². The van der Waals surface area contributed by atoms with E-state index >= 15 is 0 Å². The van der Waals surface area contributed by atoms with E-state index in [1.54, 1.807) is 0 Å². The van der Waals surface area contributed by atoms with Crippen molar-refractivity contribution in [2.24, 2.45) is 17.8 Å². The molecule has 0 rings (SSSR count). The molecule has 0 spiro atoms. The fraction of sp³-hybridized carbons (Fsp3) is 0.935. The smallest absolute Gasteiger partial charge is 0.306 e. The van der Waals surface area contributed by atoms with Crippen LogP contribution in [0.4, 0.5) is 0 Å². The summed E-state index contributed by atoms with van der Waals surface area (Å²) in [6.07, 6.45) is 33.9. The zero-order valence-corrected chi connectivity index (χ0v) is 35.6. The summed E-state index contributed by atoms with van der Waals surface area (Å²) < 4.78 is 16.7. The van der Waals surface area contributed by atoms with E-state index in [0.29, 0.717) is 19.3 Å². The summed E-state index contributed by atoms with van der Waals surface area (Å²) in [5, 5.41) is 0. The molecule has 6 nitrogen and oxygen atoms in total. The maximum atomic E-state index is 12.7. The van der Waals surface area contributed by atoms with E-state index in [2.05, 4.69) is 41.5 Å². The van der Waals surface area contributed by atoms with Gasteiger partial charge in [-0.25, -0.2) is 0 Å². The first-order valence-corrected chi connectivity index (χ1v) is 22.6. The van der Waals surface area contributed by atoms with Crippen LogP contribution in [0.25, 0.3) is 0 Å². The number of unbranched alkanes of at least 4 members (excludes halogenated alkanes) is 22. The Labute approximate surface area is 323 Å². The molecule has 0 bridgehead atoms. The van der Waals surface area contributed by atoms with Crippen LogP contribution in [0.15, 0.2) is 0 Å². The van der Waals surface area contributed by atoms with Crippen LogP contribution in [0.3, 0.4) is 0 Å². The second kappa shape index (κ2) is 37.7. The second-order valence-corrected chi connectivity index (χ2v) is 17.1. The second-order valence-electron chi connectivity index (χ2n) is 17.1. The molecule has 0 saturated carbocycles. The summed E-state index contributed by atoms with van der Waals surface area (Å²) in [7, 11) is 0. The van der Waals surface area contributed by atoms with Gasteiger partial charge in [-0.3, -0.25) is 14.4 Å². The molecule has 0 aromatic rings. The summed E-state index contributed by atoms with van der Waals surface area (Å²) in [6, 6.07) is 0. The molecule has 0 unspecified atom stereocenters. The van der Waals surface area contributed by atoms with Crippen LogP contribution in [0.5, 0.6) is 0 Å². The molecule has 0 radical (unpaired) electrons. The first-order valence-electron chi connectivity index (χ1n) is 22.6. The minimum absolute atomic E-state index is 0.0671. The summed E-state index contributed by atoms with van der Waals surface area (Å²) in [5.41, 5.74) is 0. The Morgan fingerprint density at radius 1 is 0.327 bits per heavy atom. The van der Waals surface area contributed by atoms with Crippen LogP contribution in [-0.2, 0) is 28.6 Å². The van der Waals surface area contributed by atoms with Crippen molar-refractivity contribution in [3.8, 4) is 0 Å². The number of carbonyl (C=O) groups is 3. The predicted octanol–water partition coefficient (Wildman–Crippen LogP) is 14.0. The predicted molar refractivity (Wildman–Crippen MR) is 219 cm³/mol. The number of hydrogen-bond acceptors (Lipinski definition) is 6. The van der Waals surface area contributed by atoms with Gasteiger partial charge in [-0.15, -0.1) is 0 Å². The van der Waals surface area contributed by atoms with Gasteiger partial charge in [0.05, 0.1) is 0 Å². The van der Waals surface area contributed by atoms with Crippen LogP contribution >= 0.6 is 0 Å². The van der Waals surface area contributed by atoms with Crippen molar-refractivity contribution in [2.45, 2.75) is 247 Å². The Bertz CT molecular complexity index is 807. The van der Waals surface area contributed by atoms with E-state index in [0.717, 1.165) is 75.5 Å². The topological polar surface area (TPSA) is 78.9 Å². The van der Waals surface area contributed by atoms with Gasteiger partial charge in [0.2, 0.25) is 0 Å². The van der Waals surface area contributed by atoms with E-state index in [-0.39, 0.29) is 31.1 Å². The normalized spacial score (nSPS) is 12.2. The molecule has 0 aliphatic carbocycles. The molecule has 52 heavy (non-hydrogen) atoms. The number of ether oxygens (including phenoxy) is 3. The van der Waals surface area contributed by atoms with Gasteiger partial charge in [-0.05, 0) is 37.0 Å². The standard InChI is InChI=1S/C46H88O6/c1-40(2)32-26-20-14-10-8-7-9-11-17-25-31-37-46(49)52-43(39-51-45(48)36-30-24-19-18-22-28-34-42(5)6)38-50-44(47)35-29-23-16-13-12-15-21-27-33-41(3)4/h40-43H,7-39H2,1-6H3/t43-/m0/s1. The molecule has 0 aromatic carbocycles. The largest absolute Gasteiger partial charge is 0.462 e. The molecular formula is C46H88O6. The Hall–Kier alpha value is -1.59. The van der Waals surface area contributed by atoms with Gasteiger partial charge in [0.25, 0.3) is 0 Å². The fourth-order valence-corrected chi connectivity index (χ4v) is 6.70. The van der Waals surface area contributed by atoms with E-state index in [9.17, 15) is 14.4 Å². The Morgan fingerprint density at radius 2 is 0.558 bits per heavy atom. The molecule has 0 aromatic heterocycles. The Morgan fingerprint density at radius 3 is 0.827 bits per heavy atom. The number of hydrogen-bond donors (Lipinski definition) is 0. The summed E-state index contributed by atoms with van der Waals surface area (Å²) >= 11 is 0. The van der Waals surface area contributed by atoms with Crippen LogP contribution in [0.1, 0.15) is 241 Å². The highest BCUT2D eigenvalue weighted by Crippen LogP contribution is 2.16. The van der Waals surface area contributed by atoms with Crippen molar-refractivity contribution in [1.29, 1.82) is 0 Å². The molecular weight excluding hydrogens is 648 g/mol. The molecule has 0 aliphatic heterocycles. The molecule has 1 atom stereocenters. The lowest BCUT2D eigenvalue weighted by molar-refractivity contribution is -0.167. The molecule has 0 saturated heterocycles. The Kier molecular flexibility index (Phi) is 36.6. The number of esters is 3. The van der Waals surface area contributed by atoms with E-state index in [1.165, 1.54) is 122 Å². The Balaban J connectivity index is 4.33. The third kappa shape index (κ3) is 39.6. The van der Waals surface area contributed by atoms with Crippen LogP contribution in [-0.4, -0.2) is 37.2 Å². The van der Waals surface area contributed by atoms with Crippen molar-refractivity contribution >= 4 is 17.9 Å². The maximum absolute atomic E-state index is 12.7. The molecule has 0 N–H and O–H groups in total. The molecule has 0 fully saturated rings. The summed E-state index contributed by atoms with van der Waals surface area (Å²) in [6.45, 7) is 13.6. The lowest BCUT2D eigenvalue weighted by Gasteiger charge is -2.18. The average Bonchev–Trinajstić information content (AvgIpc) is 3.09. The monoisotopic (exact) mass is 737 g/mol. The van der Waals surface area contributed by atoms with Gasteiger partial charge >= 0.3 is 17.9 Å². The minimum atomic E-state index is -0.762. The number of carbonyl (C=O) groups excluding carboxylic acids is 3. The molecule has 0 amide bonds. The first kappa shape index (κ1) is 50.4. The minimum Gasteiger partial charge on any atom is -0.462 e. The first-order chi connectivity index (χ1) is 25.1. The molecule has 0 heterocycles. The van der Waals surface area contributed by atoms with Crippen LogP contribution in [0.2, 0.25) is 0 Å². The van der Waals surface area contributed by atoms with Gasteiger partial charge in [0.1, 0.15) is 13.2 Å². The summed E-state index contributed by atoms with van der Waals surface area (Å²) in [5.74, 6) is 1.52. The van der Waals surface area contributed by atoms with Gasteiger partial charge in [0, 0.05) is 19.3 Å². The quantitative estimate of drug-likeness (QED) is 0.0355. The van der Waals surface area contributed by atoms with Crippen molar-refractivity contribution in [2.75, 3.05) is 13.2 Å². The fourth-order valence-electron chi connectivity index (χ4n) is 6.70. The lowest BCUT2D eigenvalue weighted by Crippen LogP contribution is -2.30. The van der Waals surface area contributed by atoms with Gasteiger partial charge < -0.3 is 14.2 Å². The molecule has 6 heteroatoms. The molecule has 308 valence electrons. The van der Waals surface area contributed by atoms with Gasteiger partial charge in [-0.1, -0.05) is 202 Å². The van der Waals surface area contributed by atoms with E-state index in [1.807, 2.05) is 0 Å². The van der Waals surface area contributed by atoms with E-state index in [4.69, 9.17) is 14.2 Å². The van der Waals surface area contributed by atoms with Crippen molar-refractivity contribution in [1.82, 2.24) is 0 Å². The zero-order valence-electron chi connectivity index (χ0n) is 35.6. The van der Waals surface area contributed by atoms with Crippen molar-refractivity contribution in [3.63, 3.8) is 0 Å². The zero-order chi connectivity index (χ0) is 38.5. The van der Waals surface area contributed by atoms with Crippen molar-refractivity contribution in [3.05, 3.63) is 0 Å². The van der Waals surface area contributed by atoms with E-state index < -0.39 is 6.10 Å². The highest BCUT2D eigenvalue weighted by atomic mass is 16.6. The summed E-state index contributed by atoms with van der Waals surface area (Å²) in [4.78, 5) is 37.6.